The predicted octanol–water partition coefficient (Wildman–Crippen LogP) is 1.17. The Kier molecular flexibility index (Phi) is 4.82. The minimum atomic E-state index is -0.175. The number of hydrogen-bond donors (Lipinski definition) is 2. The van der Waals surface area contributed by atoms with E-state index in [9.17, 15) is 4.79 Å². The lowest BCUT2D eigenvalue weighted by molar-refractivity contribution is 0.237. The Morgan fingerprint density at radius 3 is 2.92 bits per heavy atom. The van der Waals surface area contributed by atoms with Gasteiger partial charge in [-0.05, 0) is 32.3 Å². The Labute approximate surface area is 141 Å². The van der Waals surface area contributed by atoms with Crippen molar-refractivity contribution in [2.75, 3.05) is 6.54 Å². The van der Waals surface area contributed by atoms with Gasteiger partial charge in [-0.15, -0.1) is 10.2 Å². The molecule has 0 saturated heterocycles. The van der Waals surface area contributed by atoms with Crippen LogP contribution in [-0.2, 0) is 26.1 Å². The van der Waals surface area contributed by atoms with E-state index in [0.717, 1.165) is 49.0 Å². The van der Waals surface area contributed by atoms with Crippen LogP contribution in [0.1, 0.15) is 36.4 Å². The Morgan fingerprint density at radius 2 is 2.17 bits per heavy atom. The fourth-order valence-corrected chi connectivity index (χ4v) is 3.05. The summed E-state index contributed by atoms with van der Waals surface area (Å²) in [5.74, 6) is 2.14. The van der Waals surface area contributed by atoms with Gasteiger partial charge in [0.25, 0.3) is 0 Å². The van der Waals surface area contributed by atoms with E-state index in [0.29, 0.717) is 19.0 Å². The van der Waals surface area contributed by atoms with Crippen LogP contribution >= 0.6 is 0 Å². The second kappa shape index (κ2) is 7.02. The molecule has 0 aliphatic carbocycles. The van der Waals surface area contributed by atoms with Crippen molar-refractivity contribution in [3.8, 4) is 0 Å². The lowest BCUT2D eigenvalue weighted by Gasteiger charge is -2.14. The SMILES string of the molecule is Cc1cc(C)n(C[C@H](C)CNC(=O)NCc2nnc3n2CCC3)n1. The molecule has 0 bridgehead atoms. The molecule has 24 heavy (non-hydrogen) atoms. The number of amides is 2. The first-order chi connectivity index (χ1) is 11.5. The van der Waals surface area contributed by atoms with E-state index >= 15 is 0 Å². The van der Waals surface area contributed by atoms with E-state index in [4.69, 9.17) is 0 Å². The molecule has 8 heteroatoms. The lowest BCUT2D eigenvalue weighted by atomic mass is 10.2. The van der Waals surface area contributed by atoms with Crippen LogP contribution in [0.25, 0.3) is 0 Å². The van der Waals surface area contributed by atoms with Crippen molar-refractivity contribution in [3.05, 3.63) is 29.1 Å². The average molecular weight is 331 g/mol. The lowest BCUT2D eigenvalue weighted by Crippen LogP contribution is -2.38. The molecular weight excluding hydrogens is 306 g/mol. The van der Waals surface area contributed by atoms with Crippen LogP contribution in [-0.4, -0.2) is 37.1 Å². The van der Waals surface area contributed by atoms with Gasteiger partial charge in [-0.1, -0.05) is 6.92 Å². The van der Waals surface area contributed by atoms with Crippen molar-refractivity contribution >= 4 is 6.03 Å². The highest BCUT2D eigenvalue weighted by atomic mass is 16.2. The van der Waals surface area contributed by atoms with E-state index in [-0.39, 0.29) is 6.03 Å². The molecule has 0 saturated carbocycles. The molecule has 1 aliphatic rings. The van der Waals surface area contributed by atoms with Crippen LogP contribution < -0.4 is 10.6 Å². The standard InChI is InChI=1S/C16H25N7O/c1-11(10-23-13(3)7-12(2)21-23)8-17-16(24)18-9-15-20-19-14-5-4-6-22(14)15/h7,11H,4-6,8-10H2,1-3H3,(H2,17,18,24)/t11-/m1/s1. The number of aryl methyl sites for hydroxylation is 3. The van der Waals surface area contributed by atoms with Gasteiger partial charge in [-0.3, -0.25) is 4.68 Å². The van der Waals surface area contributed by atoms with Gasteiger partial charge < -0.3 is 15.2 Å². The maximum atomic E-state index is 12.0. The number of rotatable bonds is 6. The predicted molar refractivity (Wildman–Crippen MR) is 89.4 cm³/mol. The topological polar surface area (TPSA) is 89.7 Å². The van der Waals surface area contributed by atoms with Crippen molar-refractivity contribution in [1.82, 2.24) is 35.2 Å². The van der Waals surface area contributed by atoms with Gasteiger partial charge in [0.15, 0.2) is 5.82 Å². The highest BCUT2D eigenvalue weighted by Gasteiger charge is 2.17. The van der Waals surface area contributed by atoms with Crippen LogP contribution in [0, 0.1) is 19.8 Å². The van der Waals surface area contributed by atoms with E-state index < -0.39 is 0 Å². The Hall–Kier alpha value is -2.38. The monoisotopic (exact) mass is 331 g/mol. The van der Waals surface area contributed by atoms with Crippen molar-refractivity contribution in [2.24, 2.45) is 5.92 Å². The summed E-state index contributed by atoms with van der Waals surface area (Å²) >= 11 is 0. The number of nitrogens with one attached hydrogen (secondary N) is 2. The van der Waals surface area contributed by atoms with Crippen molar-refractivity contribution in [3.63, 3.8) is 0 Å². The second-order valence-corrected chi connectivity index (χ2v) is 6.57. The zero-order valence-corrected chi connectivity index (χ0v) is 14.5. The van der Waals surface area contributed by atoms with Crippen LogP contribution in [0.15, 0.2) is 6.07 Å². The highest BCUT2D eigenvalue weighted by molar-refractivity contribution is 5.73. The zero-order chi connectivity index (χ0) is 17.1. The van der Waals surface area contributed by atoms with Gasteiger partial charge in [-0.25, -0.2) is 4.79 Å². The molecule has 2 aromatic heterocycles. The van der Waals surface area contributed by atoms with Gasteiger partial charge in [0.2, 0.25) is 0 Å². The van der Waals surface area contributed by atoms with Gasteiger partial charge in [0.05, 0.1) is 12.2 Å². The van der Waals surface area contributed by atoms with E-state index in [1.165, 1.54) is 0 Å². The van der Waals surface area contributed by atoms with Crippen LogP contribution in [0.4, 0.5) is 4.79 Å². The molecule has 1 aliphatic heterocycles. The maximum absolute atomic E-state index is 12.0. The molecule has 1 atom stereocenters. The molecule has 130 valence electrons. The third-order valence-corrected chi connectivity index (χ3v) is 4.29. The molecule has 2 aromatic rings. The Morgan fingerprint density at radius 1 is 1.33 bits per heavy atom. The van der Waals surface area contributed by atoms with Crippen molar-refractivity contribution in [2.45, 2.75) is 53.2 Å². The van der Waals surface area contributed by atoms with Crippen molar-refractivity contribution in [1.29, 1.82) is 0 Å². The van der Waals surface area contributed by atoms with E-state index in [2.05, 4.69) is 43.5 Å². The third kappa shape index (κ3) is 3.74. The number of carbonyl (C=O) groups excluding carboxylic acids is 1. The molecule has 3 rings (SSSR count). The number of fused-ring (bicyclic) bond motifs is 1. The van der Waals surface area contributed by atoms with Gasteiger partial charge >= 0.3 is 6.03 Å². The quantitative estimate of drug-likeness (QED) is 0.831. The smallest absolute Gasteiger partial charge is 0.315 e. The second-order valence-electron chi connectivity index (χ2n) is 6.57. The largest absolute Gasteiger partial charge is 0.338 e. The summed E-state index contributed by atoms with van der Waals surface area (Å²) in [4.78, 5) is 12.0. The van der Waals surface area contributed by atoms with Crippen molar-refractivity contribution < 1.29 is 4.79 Å². The fraction of sp³-hybridized carbons (Fsp3) is 0.625. The molecule has 2 N–H and O–H groups in total. The van der Waals surface area contributed by atoms with E-state index in [1.54, 1.807) is 0 Å². The first-order valence-corrected chi connectivity index (χ1v) is 8.46. The Balaban J connectivity index is 1.41. The number of nitrogens with zero attached hydrogens (tertiary/aromatic N) is 5. The first-order valence-electron chi connectivity index (χ1n) is 8.46. The summed E-state index contributed by atoms with van der Waals surface area (Å²) in [7, 11) is 0. The summed E-state index contributed by atoms with van der Waals surface area (Å²) in [5.41, 5.74) is 2.16. The number of carbonyl (C=O) groups is 1. The first kappa shape index (κ1) is 16.5. The molecule has 0 fully saturated rings. The summed E-state index contributed by atoms with van der Waals surface area (Å²) < 4.78 is 4.07. The minimum absolute atomic E-state index is 0.175. The number of hydrogen-bond acceptors (Lipinski definition) is 4. The summed E-state index contributed by atoms with van der Waals surface area (Å²) in [6, 6.07) is 1.88. The molecular formula is C16H25N7O. The van der Waals surface area contributed by atoms with Gasteiger partial charge in [0.1, 0.15) is 5.82 Å². The van der Waals surface area contributed by atoms with Crippen LogP contribution in [0.3, 0.4) is 0 Å². The Bertz CT molecular complexity index is 718. The van der Waals surface area contributed by atoms with Gasteiger partial charge in [-0.2, -0.15) is 5.10 Å². The minimum Gasteiger partial charge on any atom is -0.338 e. The van der Waals surface area contributed by atoms with Gasteiger partial charge in [0, 0.05) is 31.7 Å². The maximum Gasteiger partial charge on any atom is 0.315 e. The summed E-state index contributed by atoms with van der Waals surface area (Å²) in [5, 5.41) is 18.5. The number of aromatic nitrogens is 5. The highest BCUT2D eigenvalue weighted by Crippen LogP contribution is 2.13. The van der Waals surface area contributed by atoms with Crippen LogP contribution in [0.2, 0.25) is 0 Å². The molecule has 2 amide bonds. The zero-order valence-electron chi connectivity index (χ0n) is 14.5. The summed E-state index contributed by atoms with van der Waals surface area (Å²) in [6.07, 6.45) is 2.08. The molecule has 0 aromatic carbocycles. The third-order valence-electron chi connectivity index (χ3n) is 4.29. The normalized spacial score (nSPS) is 14.5. The molecule has 8 nitrogen and oxygen atoms in total. The van der Waals surface area contributed by atoms with Crippen LogP contribution in [0.5, 0.6) is 0 Å². The molecule has 0 unspecified atom stereocenters. The van der Waals surface area contributed by atoms with E-state index in [1.807, 2.05) is 18.5 Å². The molecule has 0 radical (unpaired) electrons. The molecule has 3 heterocycles. The average Bonchev–Trinajstić information content (AvgIpc) is 3.20. The number of urea groups is 1. The summed E-state index contributed by atoms with van der Waals surface area (Å²) in [6.45, 7) is 8.87. The molecule has 0 spiro atoms. The fourth-order valence-electron chi connectivity index (χ4n) is 3.05.